The molecule has 0 unspecified atom stereocenters. The molecule has 1 N–H and O–H groups in total. The van der Waals surface area contributed by atoms with Crippen molar-refractivity contribution >= 4 is 22.5 Å². The van der Waals surface area contributed by atoms with E-state index >= 15 is 0 Å². The van der Waals surface area contributed by atoms with E-state index < -0.39 is 0 Å². The van der Waals surface area contributed by atoms with Gasteiger partial charge < -0.3 is 0 Å². The summed E-state index contributed by atoms with van der Waals surface area (Å²) in [6.45, 7) is 3.90. The molecule has 3 rings (SSSR count). The van der Waals surface area contributed by atoms with E-state index in [4.69, 9.17) is 0 Å². The molecular formula is C20H19N3O. The lowest BCUT2D eigenvalue weighted by Gasteiger charge is -2.08. The third-order valence-electron chi connectivity index (χ3n) is 3.82. The Balaban J connectivity index is 1.91. The van der Waals surface area contributed by atoms with Gasteiger partial charge in [0.1, 0.15) is 0 Å². The molecule has 1 amide bonds. The van der Waals surface area contributed by atoms with Gasteiger partial charge in [0, 0.05) is 11.1 Å². The number of para-hydroxylation sites is 1. The van der Waals surface area contributed by atoms with Gasteiger partial charge >= 0.3 is 0 Å². The summed E-state index contributed by atoms with van der Waals surface area (Å²) in [5, 5.41) is 5.15. The third-order valence-corrected chi connectivity index (χ3v) is 3.82. The average Bonchev–Trinajstić information content (AvgIpc) is 2.62. The van der Waals surface area contributed by atoms with Crippen molar-refractivity contribution in [1.82, 2.24) is 10.4 Å². The molecule has 1 heterocycles. The SMILES string of the molecule is CC/C(=N\NC(=O)c1cc(C)nc2ccccc12)c1ccccc1. The first-order valence-corrected chi connectivity index (χ1v) is 7.97. The normalized spacial score (nSPS) is 11.5. The van der Waals surface area contributed by atoms with Crippen molar-refractivity contribution in [3.05, 3.63) is 77.5 Å². The standard InChI is InChI=1S/C20H19N3O/c1-3-18(15-9-5-4-6-10-15)22-23-20(24)17-13-14(2)21-19-12-8-7-11-16(17)19/h4-13H,3H2,1-2H3,(H,23,24)/b22-18+. The van der Waals surface area contributed by atoms with Crippen LogP contribution in [0, 0.1) is 6.92 Å². The van der Waals surface area contributed by atoms with Crippen molar-refractivity contribution in [2.45, 2.75) is 20.3 Å². The number of hydrogen-bond donors (Lipinski definition) is 1. The maximum Gasteiger partial charge on any atom is 0.272 e. The topological polar surface area (TPSA) is 54.4 Å². The molecule has 4 nitrogen and oxygen atoms in total. The number of aromatic nitrogens is 1. The monoisotopic (exact) mass is 317 g/mol. The van der Waals surface area contributed by atoms with Gasteiger partial charge in [0.25, 0.3) is 5.91 Å². The van der Waals surface area contributed by atoms with Crippen LogP contribution in [0.4, 0.5) is 0 Å². The highest BCUT2D eigenvalue weighted by Gasteiger charge is 2.11. The minimum absolute atomic E-state index is 0.224. The van der Waals surface area contributed by atoms with Gasteiger partial charge in [0.15, 0.2) is 0 Å². The van der Waals surface area contributed by atoms with Crippen molar-refractivity contribution in [1.29, 1.82) is 0 Å². The summed E-state index contributed by atoms with van der Waals surface area (Å²) in [7, 11) is 0. The van der Waals surface area contributed by atoms with Crippen LogP contribution in [0.15, 0.2) is 65.8 Å². The molecule has 120 valence electrons. The van der Waals surface area contributed by atoms with Gasteiger partial charge in [-0.15, -0.1) is 0 Å². The fourth-order valence-electron chi connectivity index (χ4n) is 2.65. The van der Waals surface area contributed by atoms with E-state index in [2.05, 4.69) is 15.5 Å². The molecule has 0 radical (unpaired) electrons. The molecule has 0 bridgehead atoms. The van der Waals surface area contributed by atoms with Gasteiger partial charge in [-0.1, -0.05) is 55.5 Å². The van der Waals surface area contributed by atoms with Crippen molar-refractivity contribution in [2.24, 2.45) is 5.10 Å². The second kappa shape index (κ2) is 7.04. The van der Waals surface area contributed by atoms with E-state index in [9.17, 15) is 4.79 Å². The van der Waals surface area contributed by atoms with Gasteiger partial charge in [0.05, 0.1) is 16.8 Å². The molecule has 3 aromatic rings. The second-order valence-electron chi connectivity index (χ2n) is 5.55. The van der Waals surface area contributed by atoms with Crippen LogP contribution in [0.2, 0.25) is 0 Å². The van der Waals surface area contributed by atoms with E-state index in [-0.39, 0.29) is 5.91 Å². The van der Waals surface area contributed by atoms with Crippen LogP contribution in [0.5, 0.6) is 0 Å². The maximum atomic E-state index is 12.6. The number of nitrogens with one attached hydrogen (secondary N) is 1. The Bertz CT molecular complexity index is 901. The van der Waals surface area contributed by atoms with Crippen LogP contribution in [0.25, 0.3) is 10.9 Å². The number of pyridine rings is 1. The molecule has 0 saturated carbocycles. The van der Waals surface area contributed by atoms with Crippen molar-refractivity contribution in [3.8, 4) is 0 Å². The van der Waals surface area contributed by atoms with Crippen LogP contribution in [0.1, 0.15) is 35.0 Å². The highest BCUT2D eigenvalue weighted by atomic mass is 16.2. The van der Waals surface area contributed by atoms with Crippen LogP contribution in [-0.4, -0.2) is 16.6 Å². The first-order chi connectivity index (χ1) is 11.7. The number of fused-ring (bicyclic) bond motifs is 1. The van der Waals surface area contributed by atoms with Crippen molar-refractivity contribution in [3.63, 3.8) is 0 Å². The van der Waals surface area contributed by atoms with Crippen LogP contribution >= 0.6 is 0 Å². The first-order valence-electron chi connectivity index (χ1n) is 7.97. The highest BCUT2D eigenvalue weighted by molar-refractivity contribution is 6.07. The summed E-state index contributed by atoms with van der Waals surface area (Å²) in [5.74, 6) is -0.224. The van der Waals surface area contributed by atoms with Crippen molar-refractivity contribution < 1.29 is 4.79 Å². The number of amides is 1. The molecule has 0 fully saturated rings. The third kappa shape index (κ3) is 3.33. The number of hydrazone groups is 1. The summed E-state index contributed by atoms with van der Waals surface area (Å²) in [6, 6.07) is 19.3. The largest absolute Gasteiger partial charge is 0.272 e. The minimum Gasteiger partial charge on any atom is -0.267 e. The molecular weight excluding hydrogens is 298 g/mol. The molecule has 24 heavy (non-hydrogen) atoms. The Morgan fingerprint density at radius 3 is 2.54 bits per heavy atom. The Labute approximate surface area is 141 Å². The summed E-state index contributed by atoms with van der Waals surface area (Å²) < 4.78 is 0. The molecule has 0 atom stereocenters. The van der Waals surface area contributed by atoms with E-state index in [1.807, 2.05) is 68.4 Å². The van der Waals surface area contributed by atoms with Crippen LogP contribution in [0.3, 0.4) is 0 Å². The van der Waals surface area contributed by atoms with Gasteiger partial charge in [-0.3, -0.25) is 9.78 Å². The average molecular weight is 317 g/mol. The lowest BCUT2D eigenvalue weighted by atomic mass is 10.1. The van der Waals surface area contributed by atoms with Crippen LogP contribution < -0.4 is 5.43 Å². The zero-order valence-electron chi connectivity index (χ0n) is 13.8. The molecule has 2 aromatic carbocycles. The number of carbonyl (C=O) groups is 1. The maximum absolute atomic E-state index is 12.6. The highest BCUT2D eigenvalue weighted by Crippen LogP contribution is 2.18. The predicted molar refractivity (Wildman–Crippen MR) is 97.2 cm³/mol. The summed E-state index contributed by atoms with van der Waals surface area (Å²) in [6.07, 6.45) is 0.737. The number of rotatable bonds is 4. The molecule has 0 aliphatic rings. The number of aryl methyl sites for hydroxylation is 1. The van der Waals surface area contributed by atoms with Gasteiger partial charge in [-0.05, 0) is 31.0 Å². The van der Waals surface area contributed by atoms with E-state index in [0.29, 0.717) is 5.56 Å². The zero-order chi connectivity index (χ0) is 16.9. The number of benzene rings is 2. The molecule has 0 spiro atoms. The van der Waals surface area contributed by atoms with E-state index in [1.54, 1.807) is 6.07 Å². The smallest absolute Gasteiger partial charge is 0.267 e. The fourth-order valence-corrected chi connectivity index (χ4v) is 2.65. The Morgan fingerprint density at radius 2 is 1.79 bits per heavy atom. The number of hydrogen-bond acceptors (Lipinski definition) is 3. The summed E-state index contributed by atoms with van der Waals surface area (Å²) in [4.78, 5) is 17.1. The Kier molecular flexibility index (Phi) is 4.66. The van der Waals surface area contributed by atoms with E-state index in [0.717, 1.165) is 34.3 Å². The Morgan fingerprint density at radius 1 is 1.08 bits per heavy atom. The van der Waals surface area contributed by atoms with Crippen LogP contribution in [-0.2, 0) is 0 Å². The van der Waals surface area contributed by atoms with Gasteiger partial charge in [-0.2, -0.15) is 5.10 Å². The molecule has 4 heteroatoms. The molecule has 0 saturated heterocycles. The van der Waals surface area contributed by atoms with Crippen molar-refractivity contribution in [2.75, 3.05) is 0 Å². The quantitative estimate of drug-likeness (QED) is 0.582. The second-order valence-corrected chi connectivity index (χ2v) is 5.55. The number of nitrogens with zero attached hydrogens (tertiary/aromatic N) is 2. The molecule has 0 aliphatic heterocycles. The summed E-state index contributed by atoms with van der Waals surface area (Å²) >= 11 is 0. The van der Waals surface area contributed by atoms with Gasteiger partial charge in [0.2, 0.25) is 0 Å². The lowest BCUT2D eigenvalue weighted by Crippen LogP contribution is -2.20. The predicted octanol–water partition coefficient (Wildman–Crippen LogP) is 4.09. The first kappa shape index (κ1) is 15.9. The minimum atomic E-state index is -0.224. The number of carbonyl (C=O) groups excluding carboxylic acids is 1. The van der Waals surface area contributed by atoms with Gasteiger partial charge in [-0.25, -0.2) is 5.43 Å². The fraction of sp³-hybridized carbons (Fsp3) is 0.150. The zero-order valence-corrected chi connectivity index (χ0v) is 13.8. The Hall–Kier alpha value is -3.01. The van der Waals surface area contributed by atoms with E-state index in [1.165, 1.54) is 0 Å². The lowest BCUT2D eigenvalue weighted by molar-refractivity contribution is 0.0956. The summed E-state index contributed by atoms with van der Waals surface area (Å²) in [5.41, 5.74) is 6.75. The molecule has 1 aromatic heterocycles. The molecule has 0 aliphatic carbocycles.